The largest absolute Gasteiger partial charge is 0.356 e. The predicted octanol–water partition coefficient (Wildman–Crippen LogP) is 4.02. The monoisotopic (exact) mass is 356 g/mol. The van der Waals surface area contributed by atoms with E-state index in [4.69, 9.17) is 4.98 Å². The highest BCUT2D eigenvalue weighted by molar-refractivity contribution is 7.19. The molecule has 5 rings (SSSR count). The van der Waals surface area contributed by atoms with E-state index < -0.39 is 0 Å². The van der Waals surface area contributed by atoms with Crippen LogP contribution in [0.3, 0.4) is 0 Å². The normalized spacial score (nSPS) is 25.6. The van der Waals surface area contributed by atoms with Crippen LogP contribution in [0, 0.1) is 0 Å². The van der Waals surface area contributed by atoms with E-state index >= 15 is 0 Å². The number of aryl methyl sites for hydroxylation is 2. The lowest BCUT2D eigenvalue weighted by molar-refractivity contribution is 0.163. The van der Waals surface area contributed by atoms with Gasteiger partial charge in [0.25, 0.3) is 0 Å². The van der Waals surface area contributed by atoms with Gasteiger partial charge in [0.15, 0.2) is 0 Å². The molecule has 25 heavy (non-hydrogen) atoms. The van der Waals surface area contributed by atoms with E-state index in [1.807, 2.05) is 11.3 Å². The number of piperidine rings is 1. The Kier molecular flexibility index (Phi) is 4.17. The zero-order valence-corrected chi connectivity index (χ0v) is 16.0. The number of anilines is 1. The number of thiophene rings is 1. The van der Waals surface area contributed by atoms with Gasteiger partial charge in [0, 0.05) is 30.1 Å². The van der Waals surface area contributed by atoms with Gasteiger partial charge in [-0.3, -0.25) is 4.90 Å². The highest BCUT2D eigenvalue weighted by atomic mass is 32.1. The summed E-state index contributed by atoms with van der Waals surface area (Å²) in [6.07, 6.45) is 12.2. The lowest BCUT2D eigenvalue weighted by Crippen LogP contribution is -2.46. The lowest BCUT2D eigenvalue weighted by atomic mass is 9.96. The van der Waals surface area contributed by atoms with E-state index in [1.165, 1.54) is 73.9 Å². The Morgan fingerprint density at radius 1 is 1.00 bits per heavy atom. The van der Waals surface area contributed by atoms with Crippen LogP contribution in [0.15, 0.2) is 6.33 Å². The van der Waals surface area contributed by atoms with Gasteiger partial charge in [-0.1, -0.05) is 0 Å². The standard InChI is InChI=1S/C20H28N4S/c1-14-5-4-10-24(14)15-8-11-23(12-9-15)19-18-16-6-2-3-7-17(16)25-20(18)22-13-21-19/h13-15H,2-12H2,1H3. The van der Waals surface area contributed by atoms with Crippen LogP contribution in [-0.2, 0) is 12.8 Å². The first-order chi connectivity index (χ1) is 12.3. The van der Waals surface area contributed by atoms with E-state index in [0.29, 0.717) is 0 Å². The average molecular weight is 357 g/mol. The van der Waals surface area contributed by atoms with Crippen LogP contribution in [0.1, 0.15) is 55.9 Å². The Morgan fingerprint density at radius 3 is 2.64 bits per heavy atom. The smallest absolute Gasteiger partial charge is 0.141 e. The molecule has 134 valence electrons. The topological polar surface area (TPSA) is 32.3 Å². The quantitative estimate of drug-likeness (QED) is 0.813. The molecule has 0 radical (unpaired) electrons. The molecule has 2 aromatic heterocycles. The zero-order chi connectivity index (χ0) is 16.8. The Labute approximate surface area is 154 Å². The summed E-state index contributed by atoms with van der Waals surface area (Å²) in [4.78, 5) is 17.5. The summed E-state index contributed by atoms with van der Waals surface area (Å²) in [5.74, 6) is 1.22. The van der Waals surface area contributed by atoms with Crippen molar-refractivity contribution < 1.29 is 0 Å². The van der Waals surface area contributed by atoms with Crippen molar-refractivity contribution in [1.82, 2.24) is 14.9 Å². The van der Waals surface area contributed by atoms with Gasteiger partial charge in [-0.2, -0.15) is 0 Å². The SMILES string of the molecule is CC1CCCN1C1CCN(c2ncnc3sc4c(c23)CCCC4)CC1. The molecular formula is C20H28N4S. The number of hydrogen-bond donors (Lipinski definition) is 0. The van der Waals surface area contributed by atoms with Crippen LogP contribution in [0.4, 0.5) is 5.82 Å². The van der Waals surface area contributed by atoms with Gasteiger partial charge in [-0.05, 0) is 70.4 Å². The van der Waals surface area contributed by atoms with Crippen LogP contribution in [0.5, 0.6) is 0 Å². The number of likely N-dealkylation sites (tertiary alicyclic amines) is 1. The zero-order valence-electron chi connectivity index (χ0n) is 15.2. The lowest BCUT2D eigenvalue weighted by Gasteiger charge is -2.39. The van der Waals surface area contributed by atoms with Crippen molar-refractivity contribution in [2.24, 2.45) is 0 Å². The predicted molar refractivity (Wildman–Crippen MR) is 105 cm³/mol. The van der Waals surface area contributed by atoms with Crippen molar-refractivity contribution in [2.45, 2.75) is 70.4 Å². The molecule has 2 fully saturated rings. The minimum absolute atomic E-state index is 0.780. The molecule has 0 aromatic carbocycles. The fourth-order valence-corrected chi connectivity index (χ4v) is 6.44. The van der Waals surface area contributed by atoms with Crippen LogP contribution < -0.4 is 4.90 Å². The van der Waals surface area contributed by atoms with Crippen molar-refractivity contribution in [2.75, 3.05) is 24.5 Å². The Bertz CT molecular complexity index is 762. The van der Waals surface area contributed by atoms with Crippen molar-refractivity contribution in [1.29, 1.82) is 0 Å². The van der Waals surface area contributed by atoms with E-state index in [-0.39, 0.29) is 0 Å². The fourth-order valence-electron chi connectivity index (χ4n) is 5.22. The molecule has 2 aliphatic heterocycles. The molecule has 2 saturated heterocycles. The minimum Gasteiger partial charge on any atom is -0.356 e. The molecule has 4 nitrogen and oxygen atoms in total. The van der Waals surface area contributed by atoms with Crippen molar-refractivity contribution in [3.63, 3.8) is 0 Å². The maximum atomic E-state index is 4.76. The van der Waals surface area contributed by atoms with Crippen molar-refractivity contribution in [3.8, 4) is 0 Å². The number of nitrogens with zero attached hydrogens (tertiary/aromatic N) is 4. The van der Waals surface area contributed by atoms with E-state index in [9.17, 15) is 0 Å². The highest BCUT2D eigenvalue weighted by Gasteiger charge is 2.32. The molecule has 3 aliphatic rings. The molecule has 4 heterocycles. The Balaban J connectivity index is 1.40. The second-order valence-electron chi connectivity index (χ2n) is 8.04. The molecular weight excluding hydrogens is 328 g/mol. The van der Waals surface area contributed by atoms with Gasteiger partial charge in [0.05, 0.1) is 5.39 Å². The van der Waals surface area contributed by atoms with Crippen molar-refractivity contribution in [3.05, 3.63) is 16.8 Å². The molecule has 1 atom stereocenters. The van der Waals surface area contributed by atoms with Crippen LogP contribution in [0.2, 0.25) is 0 Å². The van der Waals surface area contributed by atoms with Gasteiger partial charge in [-0.15, -0.1) is 11.3 Å². The summed E-state index contributed by atoms with van der Waals surface area (Å²) >= 11 is 1.91. The summed E-state index contributed by atoms with van der Waals surface area (Å²) in [5, 5.41) is 1.38. The van der Waals surface area contributed by atoms with E-state index in [1.54, 1.807) is 16.8 Å². The minimum atomic E-state index is 0.780. The molecule has 0 saturated carbocycles. The summed E-state index contributed by atoms with van der Waals surface area (Å²) < 4.78 is 0. The fraction of sp³-hybridized carbons (Fsp3) is 0.700. The maximum absolute atomic E-state index is 4.76. The van der Waals surface area contributed by atoms with Gasteiger partial charge in [0.1, 0.15) is 17.0 Å². The third-order valence-corrected chi connectivity index (χ3v) is 7.77. The van der Waals surface area contributed by atoms with E-state index in [0.717, 1.165) is 25.2 Å². The molecule has 1 aliphatic carbocycles. The number of aromatic nitrogens is 2. The first kappa shape index (κ1) is 16.0. The summed E-state index contributed by atoms with van der Waals surface area (Å²) in [7, 11) is 0. The third kappa shape index (κ3) is 2.76. The first-order valence-electron chi connectivity index (χ1n) is 10.1. The van der Waals surface area contributed by atoms with E-state index in [2.05, 4.69) is 21.7 Å². The van der Waals surface area contributed by atoms with Gasteiger partial charge in [0.2, 0.25) is 0 Å². The summed E-state index contributed by atoms with van der Waals surface area (Å²) in [6, 6.07) is 1.56. The molecule has 0 N–H and O–H groups in total. The molecule has 0 spiro atoms. The molecule has 0 amide bonds. The second-order valence-corrected chi connectivity index (χ2v) is 9.12. The molecule has 0 bridgehead atoms. The van der Waals surface area contributed by atoms with Gasteiger partial charge in [-0.25, -0.2) is 9.97 Å². The maximum Gasteiger partial charge on any atom is 0.141 e. The van der Waals surface area contributed by atoms with Crippen LogP contribution in [-0.4, -0.2) is 46.6 Å². The number of fused-ring (bicyclic) bond motifs is 3. The third-order valence-electron chi connectivity index (χ3n) is 6.57. The van der Waals surface area contributed by atoms with Gasteiger partial charge >= 0.3 is 0 Å². The van der Waals surface area contributed by atoms with Gasteiger partial charge < -0.3 is 4.90 Å². The van der Waals surface area contributed by atoms with Crippen molar-refractivity contribution >= 4 is 27.4 Å². The van der Waals surface area contributed by atoms with Crippen LogP contribution >= 0.6 is 11.3 Å². The highest BCUT2D eigenvalue weighted by Crippen LogP contribution is 2.40. The molecule has 2 aromatic rings. The molecule has 5 heteroatoms. The summed E-state index contributed by atoms with van der Waals surface area (Å²) in [6.45, 7) is 6.00. The first-order valence-corrected chi connectivity index (χ1v) is 10.9. The summed E-state index contributed by atoms with van der Waals surface area (Å²) in [5.41, 5.74) is 1.57. The number of rotatable bonds is 2. The van der Waals surface area contributed by atoms with Crippen LogP contribution in [0.25, 0.3) is 10.2 Å². The Hall–Kier alpha value is -1.20. The second kappa shape index (κ2) is 6.51. The number of hydrogen-bond acceptors (Lipinski definition) is 5. The Morgan fingerprint density at radius 2 is 1.84 bits per heavy atom. The molecule has 1 unspecified atom stereocenters. The average Bonchev–Trinajstić information content (AvgIpc) is 3.25.